The molecule has 1 unspecified atom stereocenters. The van der Waals surface area contributed by atoms with Crippen LogP contribution in [0.5, 0.6) is 0 Å². The molecule has 0 aliphatic rings. The number of amides is 2. The molecular weight excluding hydrogens is 260 g/mol. The van der Waals surface area contributed by atoms with Crippen molar-refractivity contribution in [3.8, 4) is 0 Å². The third kappa shape index (κ3) is 4.36. The van der Waals surface area contributed by atoms with Gasteiger partial charge in [-0.15, -0.1) is 21.5 Å². The van der Waals surface area contributed by atoms with Crippen molar-refractivity contribution < 1.29 is 9.86 Å². The van der Waals surface area contributed by atoms with E-state index in [-0.39, 0.29) is 19.0 Å². The Kier molecular flexibility index (Phi) is 6.20. The zero-order chi connectivity index (χ0) is 13.4. The molecule has 1 N–H and O–H groups in total. The number of quaternary nitrogens is 1. The number of nitroso groups, excluding NO2 is 1. The lowest BCUT2D eigenvalue weighted by Gasteiger charge is -2.21. The van der Waals surface area contributed by atoms with Crippen LogP contribution >= 0.6 is 11.6 Å². The Balaban J connectivity index is 2.52. The molecule has 7 nitrogen and oxygen atoms in total. The van der Waals surface area contributed by atoms with Crippen LogP contribution in [-0.2, 0) is 6.42 Å². The largest absolute Gasteiger partial charge is 0.625 e. The fraction of sp³-hybridized carbons (Fsp3) is 0.400. The molecule has 0 bridgehead atoms. The molecule has 8 heteroatoms. The van der Waals surface area contributed by atoms with Gasteiger partial charge in [-0.25, -0.2) is 4.79 Å². The minimum atomic E-state index is -0.929. The highest BCUT2D eigenvalue weighted by atomic mass is 35.5. The fourth-order valence-electron chi connectivity index (χ4n) is 1.28. The predicted molar refractivity (Wildman–Crippen MR) is 65.8 cm³/mol. The van der Waals surface area contributed by atoms with E-state index in [2.05, 4.69) is 10.3 Å². The van der Waals surface area contributed by atoms with Crippen LogP contribution in [0.25, 0.3) is 0 Å². The van der Waals surface area contributed by atoms with Gasteiger partial charge in [0.1, 0.15) is 0 Å². The van der Waals surface area contributed by atoms with Crippen LogP contribution in [0.3, 0.4) is 0 Å². The summed E-state index contributed by atoms with van der Waals surface area (Å²) in [7, 11) is 0. The van der Waals surface area contributed by atoms with Crippen LogP contribution in [0.2, 0.25) is 0 Å². The van der Waals surface area contributed by atoms with Gasteiger partial charge in [0.25, 0.3) is 0 Å². The molecule has 0 aliphatic heterocycles. The molecule has 18 heavy (non-hydrogen) atoms. The second-order valence-electron chi connectivity index (χ2n) is 3.44. The number of nitrogens with zero attached hydrogens (tertiary/aromatic N) is 3. The van der Waals surface area contributed by atoms with E-state index >= 15 is 0 Å². The third-order valence-electron chi connectivity index (χ3n) is 2.20. The minimum Gasteiger partial charge on any atom is -0.625 e. The maximum Gasteiger partial charge on any atom is 0.440 e. The smallest absolute Gasteiger partial charge is 0.440 e. The Morgan fingerprint density at radius 3 is 2.89 bits per heavy atom. The number of hydrogen-bond donors (Lipinski definition) is 1. The second kappa shape index (κ2) is 7.70. The SMILES string of the molecule is O=NN(CCc1ccccn1)C(=O)[NH+]([O-])CCCl. The van der Waals surface area contributed by atoms with Crippen molar-refractivity contribution in [1.29, 1.82) is 0 Å². The van der Waals surface area contributed by atoms with Gasteiger partial charge >= 0.3 is 6.03 Å². The van der Waals surface area contributed by atoms with E-state index in [1.807, 2.05) is 0 Å². The Bertz CT molecular complexity index is 390. The lowest BCUT2D eigenvalue weighted by Crippen LogP contribution is -3.11. The Morgan fingerprint density at radius 2 is 2.33 bits per heavy atom. The van der Waals surface area contributed by atoms with E-state index < -0.39 is 11.1 Å². The van der Waals surface area contributed by atoms with Gasteiger partial charge in [0.15, 0.2) is 0 Å². The van der Waals surface area contributed by atoms with Gasteiger partial charge in [0, 0.05) is 18.3 Å². The Labute approximate surface area is 109 Å². The first kappa shape index (κ1) is 14.5. The second-order valence-corrected chi connectivity index (χ2v) is 3.82. The molecule has 0 aliphatic carbocycles. The van der Waals surface area contributed by atoms with E-state index in [1.165, 1.54) is 0 Å². The highest BCUT2D eigenvalue weighted by Crippen LogP contribution is 1.98. The molecule has 1 atom stereocenters. The van der Waals surface area contributed by atoms with Gasteiger partial charge in [0.05, 0.1) is 24.3 Å². The number of hydrogen-bond acceptors (Lipinski definition) is 5. The van der Waals surface area contributed by atoms with Crippen LogP contribution in [0.15, 0.2) is 29.7 Å². The number of carbonyl (C=O) groups is 1. The number of alkyl halides is 1. The highest BCUT2D eigenvalue weighted by Gasteiger charge is 2.21. The molecule has 0 aromatic carbocycles. The third-order valence-corrected chi connectivity index (χ3v) is 2.39. The van der Waals surface area contributed by atoms with Crippen molar-refractivity contribution in [2.45, 2.75) is 6.42 Å². The highest BCUT2D eigenvalue weighted by molar-refractivity contribution is 6.17. The maximum atomic E-state index is 11.5. The molecular formula is C10H13ClN4O3. The zero-order valence-corrected chi connectivity index (χ0v) is 10.3. The van der Waals surface area contributed by atoms with E-state index in [0.29, 0.717) is 17.1 Å². The van der Waals surface area contributed by atoms with Gasteiger partial charge in [-0.3, -0.25) is 10.0 Å². The summed E-state index contributed by atoms with van der Waals surface area (Å²) >= 11 is 5.35. The Morgan fingerprint density at radius 1 is 1.56 bits per heavy atom. The van der Waals surface area contributed by atoms with Crippen molar-refractivity contribution in [3.05, 3.63) is 40.2 Å². The standard InChI is InChI=1S/C10H13ClN4O3/c11-5-8-15(18)10(16)14(13-17)7-4-9-3-1-2-6-12-9/h1-3,6,15H,4-5,7-8H2. The number of urea groups is 1. The zero-order valence-electron chi connectivity index (χ0n) is 9.58. The number of rotatable bonds is 6. The van der Waals surface area contributed by atoms with Gasteiger partial charge in [0.2, 0.25) is 0 Å². The summed E-state index contributed by atoms with van der Waals surface area (Å²) in [6.07, 6.45) is 1.96. The van der Waals surface area contributed by atoms with Crippen molar-refractivity contribution in [3.63, 3.8) is 0 Å². The number of nitrogens with one attached hydrogen (secondary N) is 1. The van der Waals surface area contributed by atoms with Crippen molar-refractivity contribution in [2.24, 2.45) is 5.29 Å². The van der Waals surface area contributed by atoms with E-state index in [0.717, 1.165) is 0 Å². The first-order valence-corrected chi connectivity index (χ1v) is 5.86. The van der Waals surface area contributed by atoms with Crippen LogP contribution in [0.4, 0.5) is 4.79 Å². The van der Waals surface area contributed by atoms with Crippen LogP contribution in [0.1, 0.15) is 5.69 Å². The molecule has 0 saturated carbocycles. The molecule has 1 aromatic heterocycles. The summed E-state index contributed by atoms with van der Waals surface area (Å²) in [6, 6.07) is 4.38. The summed E-state index contributed by atoms with van der Waals surface area (Å²) in [4.78, 5) is 26.1. The molecule has 0 fully saturated rings. The first-order valence-electron chi connectivity index (χ1n) is 5.33. The quantitative estimate of drug-likeness (QED) is 0.460. The van der Waals surface area contributed by atoms with Crippen molar-refractivity contribution in [2.75, 3.05) is 19.0 Å². The monoisotopic (exact) mass is 272 g/mol. The van der Waals surface area contributed by atoms with Gasteiger partial charge in [-0.1, -0.05) is 6.07 Å². The maximum absolute atomic E-state index is 11.5. The van der Waals surface area contributed by atoms with Gasteiger partial charge < -0.3 is 5.21 Å². The minimum absolute atomic E-state index is 0.0212. The average molecular weight is 273 g/mol. The lowest BCUT2D eigenvalue weighted by molar-refractivity contribution is -0.760. The topological polar surface area (TPSA) is 90.1 Å². The summed E-state index contributed by atoms with van der Waals surface area (Å²) in [5.41, 5.74) is 0.712. The van der Waals surface area contributed by atoms with Gasteiger partial charge in [-0.2, -0.15) is 0 Å². The van der Waals surface area contributed by atoms with Crippen LogP contribution in [0, 0.1) is 10.1 Å². The van der Waals surface area contributed by atoms with Crippen LogP contribution < -0.4 is 5.06 Å². The fourth-order valence-corrected chi connectivity index (χ4v) is 1.45. The summed E-state index contributed by atoms with van der Waals surface area (Å²) in [5, 5.41) is 13.7. The lowest BCUT2D eigenvalue weighted by atomic mass is 10.3. The Hall–Kier alpha value is -1.57. The molecule has 1 rings (SSSR count). The molecule has 0 saturated heterocycles. The van der Waals surface area contributed by atoms with Crippen molar-refractivity contribution in [1.82, 2.24) is 9.99 Å². The summed E-state index contributed by atoms with van der Waals surface area (Å²) in [5.74, 6) is 0.0392. The van der Waals surface area contributed by atoms with Crippen LogP contribution in [-0.4, -0.2) is 35.0 Å². The van der Waals surface area contributed by atoms with Crippen molar-refractivity contribution >= 4 is 17.6 Å². The van der Waals surface area contributed by atoms with Gasteiger partial charge in [-0.05, 0) is 12.1 Å². The molecule has 0 radical (unpaired) electrons. The molecule has 1 heterocycles. The van der Waals surface area contributed by atoms with E-state index in [4.69, 9.17) is 11.6 Å². The summed E-state index contributed by atoms with van der Waals surface area (Å²) in [6.45, 7) is -0.0800. The first-order chi connectivity index (χ1) is 8.69. The molecule has 98 valence electrons. The summed E-state index contributed by atoms with van der Waals surface area (Å²) < 4.78 is 0. The number of carbonyl (C=O) groups excluding carboxylic acids is 1. The molecule has 0 spiro atoms. The number of pyridine rings is 1. The predicted octanol–water partition coefficient (Wildman–Crippen LogP) is 0.349. The average Bonchev–Trinajstić information content (AvgIpc) is 2.40. The molecule has 1 aromatic rings. The van der Waals surface area contributed by atoms with E-state index in [9.17, 15) is 14.9 Å². The number of halogens is 1. The number of hydroxylamine groups is 2. The van der Waals surface area contributed by atoms with E-state index in [1.54, 1.807) is 24.4 Å². The normalized spacial score (nSPS) is 11.9. The number of aromatic nitrogens is 1. The molecule has 2 amide bonds.